The largest absolute Gasteiger partial charge is 0.481 e. The lowest BCUT2D eigenvalue weighted by atomic mass is 10.1. The molecule has 0 saturated carbocycles. The van der Waals surface area contributed by atoms with E-state index in [9.17, 15) is 9.18 Å². The average Bonchev–Trinajstić information content (AvgIpc) is 2.35. The monoisotopic (exact) mass is 272 g/mol. The lowest BCUT2D eigenvalue weighted by Crippen LogP contribution is -1.99. The molecular formula is C14H22FO2P. The quantitative estimate of drug-likeness (QED) is 0.635. The van der Waals surface area contributed by atoms with E-state index >= 15 is 0 Å². The summed E-state index contributed by atoms with van der Waals surface area (Å²) in [5.74, 6) is -0.942. The molecule has 102 valence electrons. The normalized spacial score (nSPS) is 9.56. The van der Waals surface area contributed by atoms with Crippen molar-refractivity contribution in [2.75, 3.05) is 0 Å². The van der Waals surface area contributed by atoms with Crippen LogP contribution in [0.5, 0.6) is 0 Å². The Morgan fingerprint density at radius 3 is 2.56 bits per heavy atom. The smallest absolute Gasteiger partial charge is 0.303 e. The minimum absolute atomic E-state index is 0.176. The molecule has 1 rings (SSSR count). The highest BCUT2D eigenvalue weighted by atomic mass is 31.0. The van der Waals surface area contributed by atoms with E-state index in [0.29, 0.717) is 18.4 Å². The van der Waals surface area contributed by atoms with Gasteiger partial charge in [0.15, 0.2) is 0 Å². The first-order valence-electron chi connectivity index (χ1n) is 6.35. The van der Waals surface area contributed by atoms with Crippen molar-refractivity contribution in [2.45, 2.75) is 46.0 Å². The molecule has 4 heteroatoms. The van der Waals surface area contributed by atoms with E-state index in [4.69, 9.17) is 5.11 Å². The molecule has 1 unspecified atom stereocenters. The van der Waals surface area contributed by atoms with Crippen LogP contribution < -0.4 is 5.30 Å². The first kappa shape index (κ1) is 17.1. The number of hydrogen-bond acceptors (Lipinski definition) is 1. The van der Waals surface area contributed by atoms with Gasteiger partial charge >= 0.3 is 5.97 Å². The van der Waals surface area contributed by atoms with Gasteiger partial charge in [-0.25, -0.2) is 4.39 Å². The van der Waals surface area contributed by atoms with Crippen LogP contribution in [0.1, 0.15) is 45.1 Å². The van der Waals surface area contributed by atoms with Crippen LogP contribution in [0.4, 0.5) is 4.39 Å². The van der Waals surface area contributed by atoms with Crippen LogP contribution in [0.2, 0.25) is 0 Å². The second kappa shape index (κ2) is 10.0. The number of aliphatic carboxylic acids is 1. The zero-order chi connectivity index (χ0) is 14.0. The molecule has 18 heavy (non-hydrogen) atoms. The Kier molecular flexibility index (Phi) is 9.49. The van der Waals surface area contributed by atoms with Crippen molar-refractivity contribution in [3.63, 3.8) is 0 Å². The van der Waals surface area contributed by atoms with Gasteiger partial charge in [-0.15, -0.1) is 9.24 Å². The Morgan fingerprint density at radius 1 is 1.28 bits per heavy atom. The summed E-state index contributed by atoms with van der Waals surface area (Å²) >= 11 is 0. The lowest BCUT2D eigenvalue weighted by molar-refractivity contribution is -0.137. The summed E-state index contributed by atoms with van der Waals surface area (Å²) in [6.07, 6.45) is 3.20. The number of aryl methyl sites for hydroxylation is 1. The van der Waals surface area contributed by atoms with Crippen molar-refractivity contribution in [1.29, 1.82) is 0 Å². The fourth-order valence-corrected chi connectivity index (χ4v) is 1.85. The van der Waals surface area contributed by atoms with Gasteiger partial charge in [-0.3, -0.25) is 4.79 Å². The van der Waals surface area contributed by atoms with Gasteiger partial charge in [0.2, 0.25) is 0 Å². The topological polar surface area (TPSA) is 37.3 Å². The maximum Gasteiger partial charge on any atom is 0.303 e. The van der Waals surface area contributed by atoms with Gasteiger partial charge in [0.25, 0.3) is 0 Å². The molecule has 0 spiro atoms. The number of carboxylic acid groups (broad SMARTS) is 1. The number of hydrogen-bond donors (Lipinski definition) is 1. The Hall–Kier alpha value is -0.950. The van der Waals surface area contributed by atoms with Gasteiger partial charge in [-0.1, -0.05) is 26.3 Å². The van der Waals surface area contributed by atoms with E-state index in [1.165, 1.54) is 6.07 Å². The Labute approximate surface area is 111 Å². The fraction of sp³-hybridized carbons (Fsp3) is 0.500. The van der Waals surface area contributed by atoms with E-state index < -0.39 is 5.97 Å². The highest BCUT2D eigenvalue weighted by Gasteiger charge is 2.02. The lowest BCUT2D eigenvalue weighted by Gasteiger charge is -2.04. The summed E-state index contributed by atoms with van der Waals surface area (Å²) in [5.41, 5.74) is 0.711. The molecule has 0 radical (unpaired) electrons. The molecule has 0 saturated heterocycles. The van der Waals surface area contributed by atoms with E-state index in [1.54, 1.807) is 6.07 Å². The molecule has 1 N–H and O–H groups in total. The molecular weight excluding hydrogens is 250 g/mol. The van der Waals surface area contributed by atoms with Gasteiger partial charge in [0.1, 0.15) is 5.82 Å². The number of carboxylic acids is 1. The van der Waals surface area contributed by atoms with Gasteiger partial charge in [-0.2, -0.15) is 0 Å². The highest BCUT2D eigenvalue weighted by molar-refractivity contribution is 7.27. The van der Waals surface area contributed by atoms with Crippen LogP contribution in [0.15, 0.2) is 18.2 Å². The molecule has 0 fully saturated rings. The van der Waals surface area contributed by atoms with Crippen LogP contribution >= 0.6 is 9.24 Å². The van der Waals surface area contributed by atoms with Crippen molar-refractivity contribution in [3.8, 4) is 0 Å². The minimum atomic E-state index is -0.766. The van der Waals surface area contributed by atoms with Crippen LogP contribution in [0.3, 0.4) is 0 Å². The number of halogens is 1. The molecule has 0 aliphatic heterocycles. The molecule has 2 nitrogen and oxygen atoms in total. The van der Waals surface area contributed by atoms with Crippen molar-refractivity contribution < 1.29 is 14.3 Å². The molecule has 0 aliphatic carbocycles. The third-order valence-corrected chi connectivity index (χ3v) is 2.77. The average molecular weight is 272 g/mol. The molecule has 1 atom stereocenters. The number of rotatable bonds is 6. The number of benzene rings is 1. The van der Waals surface area contributed by atoms with Crippen LogP contribution in [-0.4, -0.2) is 11.1 Å². The Balaban J connectivity index is 0.00000137. The highest BCUT2D eigenvalue weighted by Crippen LogP contribution is 2.11. The molecule has 0 bridgehead atoms. The van der Waals surface area contributed by atoms with Crippen LogP contribution in [0.25, 0.3) is 0 Å². The summed E-state index contributed by atoms with van der Waals surface area (Å²) < 4.78 is 13.3. The predicted molar refractivity (Wildman–Crippen MR) is 76.9 cm³/mol. The van der Waals surface area contributed by atoms with Crippen molar-refractivity contribution in [3.05, 3.63) is 29.6 Å². The Bertz CT molecular complexity index is 367. The molecule has 0 heterocycles. The zero-order valence-electron chi connectivity index (χ0n) is 11.1. The summed E-state index contributed by atoms with van der Waals surface area (Å²) in [4.78, 5) is 10.3. The van der Waals surface area contributed by atoms with Gasteiger partial charge in [0.05, 0.1) is 0 Å². The van der Waals surface area contributed by atoms with Crippen molar-refractivity contribution in [2.24, 2.45) is 0 Å². The third-order valence-electron chi connectivity index (χ3n) is 2.41. The second-order valence-electron chi connectivity index (χ2n) is 3.81. The summed E-state index contributed by atoms with van der Waals surface area (Å²) in [5, 5.41) is 9.42. The molecule has 0 aliphatic rings. The van der Waals surface area contributed by atoms with Gasteiger partial charge < -0.3 is 5.11 Å². The second-order valence-corrected chi connectivity index (χ2v) is 4.47. The van der Waals surface area contributed by atoms with Gasteiger partial charge in [-0.05, 0) is 42.3 Å². The first-order valence-corrected chi connectivity index (χ1v) is 6.93. The summed E-state index contributed by atoms with van der Waals surface area (Å²) in [6, 6.07) is 5.00. The molecule has 0 aromatic heterocycles. The van der Waals surface area contributed by atoms with Gasteiger partial charge in [0, 0.05) is 6.42 Å². The number of carbonyl (C=O) groups is 1. The summed E-state index contributed by atoms with van der Waals surface area (Å²) in [7, 11) is 2.54. The van der Waals surface area contributed by atoms with E-state index in [-0.39, 0.29) is 12.2 Å². The molecule has 0 amide bonds. The van der Waals surface area contributed by atoms with Crippen LogP contribution in [0, 0.1) is 5.82 Å². The third kappa shape index (κ3) is 7.39. The number of unbranched alkanes of at least 4 members (excludes halogenated alkanes) is 2. The molecule has 1 aromatic carbocycles. The maximum atomic E-state index is 13.3. The van der Waals surface area contributed by atoms with Crippen LogP contribution in [-0.2, 0) is 11.2 Å². The molecule has 1 aromatic rings. The summed E-state index contributed by atoms with van der Waals surface area (Å²) in [6.45, 7) is 4.00. The minimum Gasteiger partial charge on any atom is -0.481 e. The Morgan fingerprint density at radius 2 is 1.94 bits per heavy atom. The first-order chi connectivity index (χ1) is 8.59. The van der Waals surface area contributed by atoms with Crippen molar-refractivity contribution in [1.82, 2.24) is 0 Å². The SMILES string of the molecule is CC.O=C(O)CCCCCc1cc(P)ccc1F. The van der Waals surface area contributed by atoms with Crippen molar-refractivity contribution >= 4 is 20.5 Å². The predicted octanol–water partition coefficient (Wildman–Crippen LogP) is 3.54. The fourth-order valence-electron chi connectivity index (χ4n) is 1.55. The maximum absolute atomic E-state index is 13.3. The van der Waals surface area contributed by atoms with E-state index in [0.717, 1.165) is 18.1 Å². The zero-order valence-corrected chi connectivity index (χ0v) is 12.2. The van der Waals surface area contributed by atoms with E-state index in [1.807, 2.05) is 19.9 Å². The van der Waals surface area contributed by atoms with E-state index in [2.05, 4.69) is 9.24 Å². The standard InChI is InChI=1S/C12H16FO2P.C2H6/c13-11-7-6-10(16)8-9(11)4-2-1-3-5-12(14)15;1-2/h6-8H,1-5,16H2,(H,14,15);1-2H3.